The highest BCUT2D eigenvalue weighted by molar-refractivity contribution is 5.90. The second kappa shape index (κ2) is 20.5. The number of aliphatic hydroxyl groups excluding tert-OH is 5. The zero-order chi connectivity index (χ0) is 51.8. The molecule has 1 aromatic carbocycles. The van der Waals surface area contributed by atoms with E-state index in [0.717, 1.165) is 6.42 Å². The Morgan fingerprint density at radius 1 is 0.750 bits per heavy atom. The summed E-state index contributed by atoms with van der Waals surface area (Å²) in [6.45, 7) is 12.2. The van der Waals surface area contributed by atoms with E-state index in [0.29, 0.717) is 56.1 Å². The van der Waals surface area contributed by atoms with E-state index >= 15 is 0 Å². The summed E-state index contributed by atoms with van der Waals surface area (Å²) in [6, 6.07) is 8.75. The monoisotopic (exact) mass is 1020 g/mol. The zero-order valence-electron chi connectivity index (χ0n) is 42.8. The van der Waals surface area contributed by atoms with E-state index < -0.39 is 145 Å². The van der Waals surface area contributed by atoms with Gasteiger partial charge in [0.1, 0.15) is 78.0 Å². The van der Waals surface area contributed by atoms with Gasteiger partial charge in [0.05, 0.1) is 36.6 Å². The Morgan fingerprint density at radius 3 is 2.11 bits per heavy atom. The minimum atomic E-state index is -1.67. The van der Waals surface area contributed by atoms with Crippen molar-refractivity contribution in [2.24, 2.45) is 28.6 Å². The van der Waals surface area contributed by atoms with Gasteiger partial charge in [-0.05, 0) is 103 Å². The Labute approximate surface area is 421 Å². The first kappa shape index (κ1) is 53.8. The normalized spacial score (nSPS) is 48.8. The lowest BCUT2D eigenvalue weighted by Crippen LogP contribution is -2.70. The average molecular weight is 1020 g/mol. The van der Waals surface area contributed by atoms with E-state index in [1.54, 1.807) is 65.1 Å². The Morgan fingerprint density at radius 2 is 1.44 bits per heavy atom. The van der Waals surface area contributed by atoms with Crippen LogP contribution in [0.25, 0.3) is 0 Å². The molecule has 1 aromatic rings. The second-order valence-corrected chi connectivity index (χ2v) is 22.2. The Kier molecular flexibility index (Phi) is 15.3. The molecule has 8 unspecified atom stereocenters. The topological polar surface area (TPSA) is 257 Å². The van der Waals surface area contributed by atoms with E-state index in [1.165, 1.54) is 7.11 Å². The molecule has 19 nitrogen and oxygen atoms in total. The molecule has 72 heavy (non-hydrogen) atoms. The van der Waals surface area contributed by atoms with Gasteiger partial charge in [-0.2, -0.15) is 0 Å². The lowest BCUT2D eigenvalue weighted by molar-refractivity contribution is -0.371. The quantitative estimate of drug-likeness (QED) is 0.0777. The SMILES string of the molecule is C/C=C(\C)C(=O)O[C@@H]1[C@@H](OC(=O)c2ccccc2)[C@]2(C)[C@@H](C(C)=O)CC[C@@]23O[C@]32CC[C@H]3C[C@@H](O[C@H]4C[C@@H](OC)C(O[C@@H]5OC(C)C(O[C@@H]6OC(CO)C(O)[C@H](O)C6O)[C@H](OC)C5O)C(C)O4)CC[C@]3(C)[C@@H]12. The van der Waals surface area contributed by atoms with Gasteiger partial charge in [-0.25, -0.2) is 9.59 Å². The van der Waals surface area contributed by atoms with Crippen LogP contribution in [0.3, 0.4) is 0 Å². The number of esters is 2. The molecule has 4 heterocycles. The van der Waals surface area contributed by atoms with Crippen molar-refractivity contribution in [3.05, 3.63) is 47.5 Å². The molecule has 19 heteroatoms. The van der Waals surface area contributed by atoms with Gasteiger partial charge in [-0.3, -0.25) is 4.79 Å². The largest absolute Gasteiger partial charge is 0.455 e. The molecular formula is C53H76O19. The molecular weight excluding hydrogens is 941 g/mol. The molecule has 4 saturated heterocycles. The molecule has 0 amide bonds. The Bertz CT molecular complexity index is 2160. The number of ether oxygens (including phenoxy) is 11. The van der Waals surface area contributed by atoms with E-state index in [-0.39, 0.29) is 23.7 Å². The fourth-order valence-electron chi connectivity index (χ4n) is 14.7. The van der Waals surface area contributed by atoms with Crippen molar-refractivity contribution in [2.45, 2.75) is 215 Å². The Balaban J connectivity index is 0.897. The van der Waals surface area contributed by atoms with Gasteiger partial charge in [0.25, 0.3) is 0 Å². The van der Waals surface area contributed by atoms with Gasteiger partial charge >= 0.3 is 11.9 Å². The van der Waals surface area contributed by atoms with Crippen molar-refractivity contribution >= 4 is 17.7 Å². The highest BCUT2D eigenvalue weighted by Crippen LogP contribution is 2.81. The van der Waals surface area contributed by atoms with Gasteiger partial charge < -0.3 is 77.6 Å². The smallest absolute Gasteiger partial charge is 0.338 e. The second-order valence-electron chi connectivity index (χ2n) is 22.2. The maximum Gasteiger partial charge on any atom is 0.338 e. The number of ketones is 1. The number of aliphatic hydroxyl groups is 5. The van der Waals surface area contributed by atoms with E-state index in [4.69, 9.17) is 52.1 Å². The van der Waals surface area contributed by atoms with Gasteiger partial charge in [-0.15, -0.1) is 0 Å². The molecule has 4 saturated carbocycles. The number of methoxy groups -OCH3 is 2. The molecule has 0 bridgehead atoms. The molecule has 4 aliphatic carbocycles. The fourth-order valence-corrected chi connectivity index (χ4v) is 14.7. The predicted molar refractivity (Wildman–Crippen MR) is 250 cm³/mol. The predicted octanol–water partition coefficient (Wildman–Crippen LogP) is 3.06. The third kappa shape index (κ3) is 8.72. The van der Waals surface area contributed by atoms with Crippen molar-refractivity contribution in [1.29, 1.82) is 0 Å². The van der Waals surface area contributed by atoms with Gasteiger partial charge in [-0.1, -0.05) is 38.1 Å². The third-order valence-corrected chi connectivity index (χ3v) is 18.6. The molecule has 402 valence electrons. The number of benzene rings is 1. The van der Waals surface area contributed by atoms with Crippen molar-refractivity contribution < 1.29 is 92.0 Å². The molecule has 2 spiro atoms. The van der Waals surface area contributed by atoms with Crippen LogP contribution >= 0.6 is 0 Å². The summed E-state index contributed by atoms with van der Waals surface area (Å²) < 4.78 is 69.7. The summed E-state index contributed by atoms with van der Waals surface area (Å²) in [5.41, 5.74) is -2.09. The third-order valence-electron chi connectivity index (χ3n) is 18.6. The lowest BCUT2D eigenvalue weighted by atomic mass is 9.43. The molecule has 8 aliphatic rings. The molecule has 0 radical (unpaired) electrons. The first-order valence-corrected chi connectivity index (χ1v) is 25.9. The summed E-state index contributed by atoms with van der Waals surface area (Å²) >= 11 is 0. The number of rotatable bonds is 14. The maximum atomic E-state index is 14.2. The van der Waals surface area contributed by atoms with E-state index in [1.807, 2.05) is 19.9 Å². The molecule has 24 atom stereocenters. The van der Waals surface area contributed by atoms with Crippen molar-refractivity contribution in [1.82, 2.24) is 0 Å². The average Bonchev–Trinajstić information content (AvgIpc) is 3.91. The van der Waals surface area contributed by atoms with Crippen molar-refractivity contribution in [2.75, 3.05) is 20.8 Å². The number of Topliss-reactive ketones (excluding diaryl/α,β-unsaturated/α-hetero) is 1. The van der Waals surface area contributed by atoms with Crippen LogP contribution in [0.2, 0.25) is 0 Å². The van der Waals surface area contributed by atoms with Crippen LogP contribution in [0.15, 0.2) is 42.0 Å². The number of allylic oxidation sites excluding steroid dienone is 1. The van der Waals surface area contributed by atoms with E-state index in [2.05, 4.69) is 6.92 Å². The fraction of sp³-hybridized carbons (Fsp3) is 0.792. The molecule has 0 aromatic heterocycles. The molecule has 5 N–H and O–H groups in total. The van der Waals surface area contributed by atoms with Crippen LogP contribution < -0.4 is 0 Å². The van der Waals surface area contributed by atoms with Crippen LogP contribution in [0.1, 0.15) is 110 Å². The maximum absolute atomic E-state index is 14.2. The number of fused-ring (bicyclic) bond motifs is 2. The van der Waals surface area contributed by atoms with Crippen LogP contribution in [0.5, 0.6) is 0 Å². The first-order chi connectivity index (χ1) is 34.2. The standard InChI is InChI=1S/C53H76O19/c1-10-25(2)46(60)68-43-44-50(6)19-17-31(22-30(50)16-20-52(44)53(72-52)21-18-32(26(3)55)51(53,7)45(43)71-47(61)29-14-12-11-13-15-29)66-35-23-33(62-8)40(27(4)64-35)69-49-39(59)42(63-9)41(28(5)65-49)70-48-38(58)37(57)36(56)34(24-54)67-48/h10-15,27-28,30-45,48-49,54,56-59H,16-24H2,1-9H3/b25-10+/t27?,28?,30-,31-,32+,33+,34?,35-,36?,37-,38?,39?,40?,41?,42+,43-,44+,45+,48-,49-,50-,51-,52-,53+/m0/s1. The van der Waals surface area contributed by atoms with Crippen LogP contribution in [-0.4, -0.2) is 180 Å². The molecule has 8 fully saturated rings. The minimum absolute atomic E-state index is 0.00937. The van der Waals surface area contributed by atoms with Gasteiger partial charge in [0, 0.05) is 43.5 Å². The summed E-state index contributed by atoms with van der Waals surface area (Å²) in [5, 5.41) is 52.5. The zero-order valence-corrected chi connectivity index (χ0v) is 42.8. The number of carbonyl (C=O) groups is 3. The number of hydrogen-bond donors (Lipinski definition) is 5. The van der Waals surface area contributed by atoms with Crippen LogP contribution in [0, 0.1) is 28.6 Å². The summed E-state index contributed by atoms with van der Waals surface area (Å²) in [6.07, 6.45) is -11.0. The summed E-state index contributed by atoms with van der Waals surface area (Å²) in [4.78, 5) is 41.8. The van der Waals surface area contributed by atoms with Crippen LogP contribution in [-0.2, 0) is 61.7 Å². The minimum Gasteiger partial charge on any atom is -0.455 e. The van der Waals surface area contributed by atoms with E-state index in [9.17, 15) is 39.9 Å². The number of carbonyl (C=O) groups excluding carboxylic acids is 3. The molecule has 9 rings (SSSR count). The summed E-state index contributed by atoms with van der Waals surface area (Å²) in [7, 11) is 2.94. The lowest BCUT2D eigenvalue weighted by Gasteiger charge is -2.61. The Hall–Kier alpha value is -2.99. The van der Waals surface area contributed by atoms with Crippen molar-refractivity contribution in [3.63, 3.8) is 0 Å². The first-order valence-electron chi connectivity index (χ1n) is 25.9. The van der Waals surface area contributed by atoms with Gasteiger partial charge in [0.15, 0.2) is 18.9 Å². The highest BCUT2D eigenvalue weighted by Gasteiger charge is 2.91. The van der Waals surface area contributed by atoms with Crippen LogP contribution in [0.4, 0.5) is 0 Å². The highest BCUT2D eigenvalue weighted by atomic mass is 16.8. The molecule has 4 aliphatic heterocycles. The van der Waals surface area contributed by atoms with Crippen molar-refractivity contribution in [3.8, 4) is 0 Å². The van der Waals surface area contributed by atoms with Gasteiger partial charge in [0.2, 0.25) is 0 Å². The summed E-state index contributed by atoms with van der Waals surface area (Å²) in [5.74, 6) is -1.80. The number of epoxide rings is 1. The number of hydrogen-bond acceptors (Lipinski definition) is 19.